The Labute approximate surface area is 136 Å². The monoisotopic (exact) mass is 332 g/mol. The summed E-state index contributed by atoms with van der Waals surface area (Å²) in [5.74, 6) is -0.452. The normalized spacial score (nSPS) is 10.7. The molecule has 0 unspecified atom stereocenters. The molecule has 3 aromatic rings. The fourth-order valence-electron chi connectivity index (χ4n) is 2.21. The van der Waals surface area contributed by atoms with Crippen molar-refractivity contribution in [3.05, 3.63) is 57.0 Å². The third-order valence-corrected chi connectivity index (χ3v) is 3.82. The Morgan fingerprint density at radius 3 is 2.83 bits per heavy atom. The van der Waals surface area contributed by atoms with E-state index in [0.717, 1.165) is 5.56 Å². The largest absolute Gasteiger partial charge is 0.495 e. The second-order valence-electron chi connectivity index (χ2n) is 4.98. The highest BCUT2D eigenvalue weighted by Crippen LogP contribution is 2.31. The number of anilines is 1. The summed E-state index contributed by atoms with van der Waals surface area (Å²) in [5.41, 5.74) is 2.54. The first-order chi connectivity index (χ1) is 11.0. The molecule has 1 heterocycles. The molecule has 1 aromatic heterocycles. The first kappa shape index (κ1) is 15.2. The number of carbonyl (C=O) groups is 1. The van der Waals surface area contributed by atoms with Gasteiger partial charge in [0.05, 0.1) is 18.3 Å². The van der Waals surface area contributed by atoms with Crippen molar-refractivity contribution < 1.29 is 13.9 Å². The maximum absolute atomic E-state index is 12.4. The number of hydrogen-bond acceptors (Lipinski definition) is 4. The second kappa shape index (κ2) is 5.81. The lowest BCUT2D eigenvalue weighted by Crippen LogP contribution is -2.12. The van der Waals surface area contributed by atoms with E-state index < -0.39 is 5.76 Å². The van der Waals surface area contributed by atoms with Crippen LogP contribution in [0.2, 0.25) is 5.02 Å². The standard InChI is InChI=1S/C16H13ClN2O4/c1-8-5-12(13(22-2)7-10(8)17)18-15(20)9-3-4-11-14(6-9)23-16(21)19-11/h3-7H,1-2H3,(H,18,20)(H,19,21). The Hall–Kier alpha value is -2.73. The molecule has 2 N–H and O–H groups in total. The molecule has 118 valence electrons. The van der Waals surface area contributed by atoms with Crippen LogP contribution in [0.3, 0.4) is 0 Å². The Bertz CT molecular complexity index is 958. The molecule has 7 heteroatoms. The van der Waals surface area contributed by atoms with E-state index in [2.05, 4.69) is 10.3 Å². The zero-order valence-corrected chi connectivity index (χ0v) is 13.2. The van der Waals surface area contributed by atoms with E-state index in [1.807, 2.05) is 6.92 Å². The third-order valence-electron chi connectivity index (χ3n) is 3.41. The van der Waals surface area contributed by atoms with Crippen LogP contribution in [0, 0.1) is 6.92 Å². The Morgan fingerprint density at radius 2 is 2.09 bits per heavy atom. The van der Waals surface area contributed by atoms with Gasteiger partial charge in [-0.05, 0) is 36.8 Å². The van der Waals surface area contributed by atoms with Crippen molar-refractivity contribution in [2.24, 2.45) is 0 Å². The lowest BCUT2D eigenvalue weighted by atomic mass is 10.1. The molecule has 0 radical (unpaired) electrons. The Balaban J connectivity index is 1.94. The van der Waals surface area contributed by atoms with Gasteiger partial charge in [-0.3, -0.25) is 9.78 Å². The van der Waals surface area contributed by atoms with Crippen molar-refractivity contribution >= 4 is 34.3 Å². The zero-order valence-electron chi connectivity index (χ0n) is 12.4. The summed E-state index contributed by atoms with van der Waals surface area (Å²) >= 11 is 6.05. The van der Waals surface area contributed by atoms with Gasteiger partial charge >= 0.3 is 5.76 Å². The van der Waals surface area contributed by atoms with Gasteiger partial charge in [0.2, 0.25) is 0 Å². The molecular formula is C16H13ClN2O4. The number of rotatable bonds is 3. The highest BCUT2D eigenvalue weighted by molar-refractivity contribution is 6.31. The number of fused-ring (bicyclic) bond motifs is 1. The highest BCUT2D eigenvalue weighted by atomic mass is 35.5. The summed E-state index contributed by atoms with van der Waals surface area (Å²) in [7, 11) is 1.50. The second-order valence-corrected chi connectivity index (χ2v) is 5.39. The third kappa shape index (κ3) is 2.93. The maximum atomic E-state index is 12.4. The number of ether oxygens (including phenoxy) is 1. The number of methoxy groups -OCH3 is 1. The maximum Gasteiger partial charge on any atom is 0.417 e. The highest BCUT2D eigenvalue weighted by Gasteiger charge is 2.13. The van der Waals surface area contributed by atoms with E-state index in [9.17, 15) is 9.59 Å². The molecule has 0 saturated heterocycles. The number of nitrogens with one attached hydrogen (secondary N) is 2. The number of oxazole rings is 1. The molecule has 0 aliphatic carbocycles. The number of amides is 1. The van der Waals surface area contributed by atoms with E-state index in [1.165, 1.54) is 13.2 Å². The molecule has 0 aliphatic heterocycles. The lowest BCUT2D eigenvalue weighted by Gasteiger charge is -2.12. The molecule has 0 saturated carbocycles. The zero-order chi connectivity index (χ0) is 16.6. The van der Waals surface area contributed by atoms with Gasteiger partial charge in [0, 0.05) is 16.7 Å². The minimum atomic E-state index is -0.562. The molecule has 3 rings (SSSR count). The average Bonchev–Trinajstić information content (AvgIpc) is 2.89. The van der Waals surface area contributed by atoms with Crippen molar-refractivity contribution in [1.82, 2.24) is 4.98 Å². The van der Waals surface area contributed by atoms with Crippen LogP contribution >= 0.6 is 11.6 Å². The van der Waals surface area contributed by atoms with Gasteiger partial charge in [-0.1, -0.05) is 11.6 Å². The van der Waals surface area contributed by atoms with Gasteiger partial charge in [0.25, 0.3) is 5.91 Å². The van der Waals surface area contributed by atoms with Crippen molar-refractivity contribution in [1.29, 1.82) is 0 Å². The van der Waals surface area contributed by atoms with Gasteiger partial charge in [-0.15, -0.1) is 0 Å². The summed E-state index contributed by atoms with van der Waals surface area (Å²) in [6.45, 7) is 1.83. The van der Waals surface area contributed by atoms with Crippen LogP contribution < -0.4 is 15.8 Å². The average molecular weight is 333 g/mol. The van der Waals surface area contributed by atoms with E-state index >= 15 is 0 Å². The number of halogens is 1. The summed E-state index contributed by atoms with van der Waals surface area (Å²) < 4.78 is 10.2. The van der Waals surface area contributed by atoms with E-state index in [0.29, 0.717) is 33.1 Å². The van der Waals surface area contributed by atoms with Gasteiger partial charge in [0.1, 0.15) is 5.75 Å². The number of H-pyrrole nitrogens is 1. The summed E-state index contributed by atoms with van der Waals surface area (Å²) in [6.07, 6.45) is 0. The molecule has 23 heavy (non-hydrogen) atoms. The van der Waals surface area contributed by atoms with Crippen molar-refractivity contribution in [3.8, 4) is 5.75 Å². The fourth-order valence-corrected chi connectivity index (χ4v) is 2.36. The van der Waals surface area contributed by atoms with E-state index in [-0.39, 0.29) is 5.91 Å². The number of aromatic nitrogens is 1. The van der Waals surface area contributed by atoms with Crippen LogP contribution in [-0.2, 0) is 0 Å². The van der Waals surface area contributed by atoms with Crippen molar-refractivity contribution in [2.45, 2.75) is 6.92 Å². The molecule has 0 bridgehead atoms. The number of aromatic amines is 1. The van der Waals surface area contributed by atoms with Crippen LogP contribution in [0.5, 0.6) is 5.75 Å². The van der Waals surface area contributed by atoms with Crippen molar-refractivity contribution in [3.63, 3.8) is 0 Å². The van der Waals surface area contributed by atoms with Crippen molar-refractivity contribution in [2.75, 3.05) is 12.4 Å². The minimum Gasteiger partial charge on any atom is -0.495 e. The summed E-state index contributed by atoms with van der Waals surface area (Å²) in [6, 6.07) is 8.07. The topological polar surface area (TPSA) is 84.3 Å². The van der Waals surface area contributed by atoms with Crippen LogP contribution in [0.4, 0.5) is 5.69 Å². The minimum absolute atomic E-state index is 0.321. The first-order valence-corrected chi connectivity index (χ1v) is 7.14. The number of hydrogen-bond donors (Lipinski definition) is 2. The molecular weight excluding hydrogens is 320 g/mol. The predicted molar refractivity (Wildman–Crippen MR) is 87.5 cm³/mol. The molecule has 6 nitrogen and oxygen atoms in total. The van der Waals surface area contributed by atoms with E-state index in [4.69, 9.17) is 20.8 Å². The quantitative estimate of drug-likeness (QED) is 0.770. The fraction of sp³-hybridized carbons (Fsp3) is 0.125. The van der Waals surface area contributed by atoms with Gasteiger partial charge < -0.3 is 14.5 Å². The number of aryl methyl sites for hydroxylation is 1. The van der Waals surface area contributed by atoms with Crippen LogP contribution in [0.15, 0.2) is 39.5 Å². The van der Waals surface area contributed by atoms with Crippen LogP contribution in [0.1, 0.15) is 15.9 Å². The Kier molecular flexibility index (Phi) is 3.83. The van der Waals surface area contributed by atoms with Crippen LogP contribution in [-0.4, -0.2) is 18.0 Å². The molecule has 0 aliphatic rings. The molecule has 2 aromatic carbocycles. The molecule has 1 amide bonds. The molecule has 0 atom stereocenters. The predicted octanol–water partition coefficient (Wildman–Crippen LogP) is 3.34. The smallest absolute Gasteiger partial charge is 0.417 e. The molecule has 0 fully saturated rings. The van der Waals surface area contributed by atoms with Gasteiger partial charge in [0.15, 0.2) is 5.58 Å². The number of carbonyl (C=O) groups excluding carboxylic acids is 1. The summed E-state index contributed by atoms with van der Waals surface area (Å²) in [5, 5.41) is 3.32. The first-order valence-electron chi connectivity index (χ1n) is 6.76. The SMILES string of the molecule is COc1cc(Cl)c(C)cc1NC(=O)c1ccc2[nH]c(=O)oc2c1. The van der Waals surface area contributed by atoms with Crippen LogP contribution in [0.25, 0.3) is 11.1 Å². The van der Waals surface area contributed by atoms with E-state index in [1.54, 1.807) is 24.3 Å². The lowest BCUT2D eigenvalue weighted by molar-refractivity contribution is 0.102. The van der Waals surface area contributed by atoms with Gasteiger partial charge in [-0.25, -0.2) is 4.79 Å². The molecule has 0 spiro atoms. The summed E-state index contributed by atoms with van der Waals surface area (Å²) in [4.78, 5) is 26.1. The van der Waals surface area contributed by atoms with Gasteiger partial charge in [-0.2, -0.15) is 0 Å². The Morgan fingerprint density at radius 1 is 1.30 bits per heavy atom. The number of benzene rings is 2.